The Labute approximate surface area is 186 Å². The molecule has 0 aliphatic carbocycles. The number of carbonyl (C=O) groups is 1. The second kappa shape index (κ2) is 10.4. The van der Waals surface area contributed by atoms with Gasteiger partial charge in [0.1, 0.15) is 0 Å². The predicted octanol–water partition coefficient (Wildman–Crippen LogP) is 5.44. The summed E-state index contributed by atoms with van der Waals surface area (Å²) in [5.41, 5.74) is 5.02. The summed E-state index contributed by atoms with van der Waals surface area (Å²) in [5, 5.41) is 0. The van der Waals surface area contributed by atoms with Gasteiger partial charge in [-0.2, -0.15) is 0 Å². The van der Waals surface area contributed by atoms with Gasteiger partial charge in [0.25, 0.3) is 0 Å². The van der Waals surface area contributed by atoms with Crippen LogP contribution in [0.25, 0.3) is 0 Å². The zero-order valence-electron chi connectivity index (χ0n) is 18.4. The van der Waals surface area contributed by atoms with Gasteiger partial charge in [-0.1, -0.05) is 90.5 Å². The topological polar surface area (TPSA) is 23.6 Å². The maximum absolute atomic E-state index is 13.5. The van der Waals surface area contributed by atoms with E-state index in [9.17, 15) is 4.79 Å². The van der Waals surface area contributed by atoms with Crippen LogP contribution in [0.15, 0.2) is 84.9 Å². The van der Waals surface area contributed by atoms with Crippen molar-refractivity contribution in [1.29, 1.82) is 0 Å². The lowest BCUT2D eigenvalue weighted by atomic mass is 9.94. The molecule has 1 fully saturated rings. The second-order valence-electron chi connectivity index (χ2n) is 8.70. The molecule has 0 atom stereocenters. The molecule has 0 radical (unpaired) electrons. The molecule has 160 valence electrons. The van der Waals surface area contributed by atoms with E-state index in [2.05, 4.69) is 60.4 Å². The summed E-state index contributed by atoms with van der Waals surface area (Å²) >= 11 is 0. The minimum Gasteiger partial charge on any atom is -0.334 e. The number of likely N-dealkylation sites (tertiary alicyclic amines) is 1. The van der Waals surface area contributed by atoms with Crippen molar-refractivity contribution in [1.82, 2.24) is 9.80 Å². The number of rotatable bonds is 7. The van der Waals surface area contributed by atoms with E-state index in [0.29, 0.717) is 19.0 Å². The van der Waals surface area contributed by atoms with Crippen LogP contribution >= 0.6 is 0 Å². The summed E-state index contributed by atoms with van der Waals surface area (Å²) < 4.78 is 0. The van der Waals surface area contributed by atoms with Gasteiger partial charge in [0.2, 0.25) is 5.91 Å². The third-order valence-corrected chi connectivity index (χ3v) is 6.21. The van der Waals surface area contributed by atoms with Crippen LogP contribution in [0, 0.1) is 12.8 Å². The van der Waals surface area contributed by atoms with Gasteiger partial charge >= 0.3 is 0 Å². The number of carbonyl (C=O) groups excluding carboxylic acids is 1. The van der Waals surface area contributed by atoms with Crippen LogP contribution in [0.4, 0.5) is 0 Å². The maximum Gasteiger partial charge on any atom is 0.226 e. The Hall–Kier alpha value is -2.91. The molecule has 1 amide bonds. The van der Waals surface area contributed by atoms with Crippen LogP contribution in [0.2, 0.25) is 0 Å². The first-order valence-electron chi connectivity index (χ1n) is 11.3. The van der Waals surface area contributed by atoms with E-state index in [1.807, 2.05) is 41.3 Å². The Balaban J connectivity index is 1.39. The number of amides is 1. The highest BCUT2D eigenvalue weighted by Crippen LogP contribution is 2.23. The first-order chi connectivity index (χ1) is 15.2. The molecule has 0 spiro atoms. The Bertz CT molecular complexity index is 904. The number of aryl methyl sites for hydroxylation is 1. The molecule has 0 saturated carbocycles. The number of nitrogens with zero attached hydrogens (tertiary/aromatic N) is 2. The van der Waals surface area contributed by atoms with Crippen LogP contribution in [-0.4, -0.2) is 28.8 Å². The van der Waals surface area contributed by atoms with E-state index in [1.54, 1.807) is 0 Å². The number of hydrogen-bond donors (Lipinski definition) is 0. The van der Waals surface area contributed by atoms with Crippen molar-refractivity contribution in [2.24, 2.45) is 5.92 Å². The molecule has 0 N–H and O–H groups in total. The quantitative estimate of drug-likeness (QED) is 0.516. The predicted molar refractivity (Wildman–Crippen MR) is 126 cm³/mol. The van der Waals surface area contributed by atoms with Crippen molar-refractivity contribution < 1.29 is 4.79 Å². The minimum atomic E-state index is 0.113. The molecule has 0 unspecified atom stereocenters. The highest BCUT2D eigenvalue weighted by atomic mass is 16.2. The standard InChI is InChI=1S/C28H32N2O/c1-23-12-14-26(15-13-23)20-29-18-16-27(17-19-29)28(31)30(21-24-8-4-2-5-9-24)22-25-10-6-3-7-11-25/h2-15,27H,16-22H2,1H3. The molecule has 1 aliphatic heterocycles. The molecule has 3 aromatic carbocycles. The zero-order valence-corrected chi connectivity index (χ0v) is 18.4. The van der Waals surface area contributed by atoms with Crippen LogP contribution in [0.5, 0.6) is 0 Å². The van der Waals surface area contributed by atoms with Gasteiger partial charge in [0.05, 0.1) is 0 Å². The molecule has 1 aliphatic rings. The maximum atomic E-state index is 13.5. The Morgan fingerprint density at radius 3 is 1.81 bits per heavy atom. The van der Waals surface area contributed by atoms with Crippen LogP contribution in [0.3, 0.4) is 0 Å². The van der Waals surface area contributed by atoms with Gasteiger partial charge in [-0.15, -0.1) is 0 Å². The summed E-state index contributed by atoms with van der Waals surface area (Å²) in [6, 6.07) is 29.4. The summed E-state index contributed by atoms with van der Waals surface area (Å²) in [6.45, 7) is 6.39. The van der Waals surface area contributed by atoms with Crippen molar-refractivity contribution >= 4 is 5.91 Å². The molecule has 4 rings (SSSR count). The van der Waals surface area contributed by atoms with E-state index in [0.717, 1.165) is 32.5 Å². The molecular weight excluding hydrogens is 380 g/mol. The number of piperidine rings is 1. The monoisotopic (exact) mass is 412 g/mol. The summed E-state index contributed by atoms with van der Waals surface area (Å²) in [5.74, 6) is 0.407. The third kappa shape index (κ3) is 6.05. The van der Waals surface area contributed by atoms with Crippen LogP contribution in [0.1, 0.15) is 35.1 Å². The van der Waals surface area contributed by atoms with E-state index < -0.39 is 0 Å². The fourth-order valence-corrected chi connectivity index (χ4v) is 4.37. The Kier molecular flexibility index (Phi) is 7.16. The SMILES string of the molecule is Cc1ccc(CN2CCC(C(=O)N(Cc3ccccc3)Cc3ccccc3)CC2)cc1. The third-order valence-electron chi connectivity index (χ3n) is 6.21. The number of hydrogen-bond acceptors (Lipinski definition) is 2. The van der Waals surface area contributed by atoms with Gasteiger partial charge in [-0.3, -0.25) is 9.69 Å². The minimum absolute atomic E-state index is 0.113. The highest BCUT2D eigenvalue weighted by molar-refractivity contribution is 5.79. The normalized spacial score (nSPS) is 15.0. The Morgan fingerprint density at radius 1 is 0.774 bits per heavy atom. The Morgan fingerprint density at radius 2 is 1.29 bits per heavy atom. The van der Waals surface area contributed by atoms with Gasteiger partial charge in [0, 0.05) is 25.6 Å². The van der Waals surface area contributed by atoms with Gasteiger partial charge in [-0.05, 0) is 49.5 Å². The summed E-state index contributed by atoms with van der Waals surface area (Å²) in [7, 11) is 0. The molecule has 31 heavy (non-hydrogen) atoms. The molecule has 3 nitrogen and oxygen atoms in total. The zero-order chi connectivity index (χ0) is 21.5. The van der Waals surface area contributed by atoms with Gasteiger partial charge < -0.3 is 4.90 Å². The van der Waals surface area contributed by atoms with E-state index in [1.165, 1.54) is 22.3 Å². The number of benzene rings is 3. The van der Waals surface area contributed by atoms with Crippen molar-refractivity contribution in [2.45, 2.75) is 39.4 Å². The van der Waals surface area contributed by atoms with E-state index in [4.69, 9.17) is 0 Å². The second-order valence-corrected chi connectivity index (χ2v) is 8.70. The fourth-order valence-electron chi connectivity index (χ4n) is 4.37. The average Bonchev–Trinajstić information content (AvgIpc) is 2.82. The van der Waals surface area contributed by atoms with Crippen molar-refractivity contribution in [3.05, 3.63) is 107 Å². The lowest BCUT2D eigenvalue weighted by molar-refractivity contribution is -0.138. The van der Waals surface area contributed by atoms with Crippen LogP contribution in [-0.2, 0) is 24.4 Å². The van der Waals surface area contributed by atoms with Gasteiger partial charge in [0.15, 0.2) is 0 Å². The first-order valence-corrected chi connectivity index (χ1v) is 11.3. The molecule has 0 bridgehead atoms. The molecular formula is C28H32N2O. The van der Waals surface area contributed by atoms with Crippen LogP contribution < -0.4 is 0 Å². The van der Waals surface area contributed by atoms with Crippen molar-refractivity contribution in [2.75, 3.05) is 13.1 Å². The molecule has 3 heteroatoms. The molecule has 1 saturated heterocycles. The fraction of sp³-hybridized carbons (Fsp3) is 0.321. The summed E-state index contributed by atoms with van der Waals surface area (Å²) in [6.07, 6.45) is 1.87. The lowest BCUT2D eigenvalue weighted by Gasteiger charge is -2.34. The van der Waals surface area contributed by atoms with Crippen molar-refractivity contribution in [3.8, 4) is 0 Å². The van der Waals surface area contributed by atoms with Crippen molar-refractivity contribution in [3.63, 3.8) is 0 Å². The highest BCUT2D eigenvalue weighted by Gasteiger charge is 2.28. The largest absolute Gasteiger partial charge is 0.334 e. The lowest BCUT2D eigenvalue weighted by Crippen LogP contribution is -2.41. The average molecular weight is 413 g/mol. The van der Waals surface area contributed by atoms with E-state index in [-0.39, 0.29) is 5.92 Å². The molecule has 3 aromatic rings. The first kappa shape index (κ1) is 21.3. The summed E-state index contributed by atoms with van der Waals surface area (Å²) in [4.78, 5) is 18.0. The molecule has 0 aromatic heterocycles. The smallest absolute Gasteiger partial charge is 0.226 e. The molecule has 1 heterocycles. The van der Waals surface area contributed by atoms with E-state index >= 15 is 0 Å². The van der Waals surface area contributed by atoms with Gasteiger partial charge in [-0.25, -0.2) is 0 Å².